The van der Waals surface area contributed by atoms with Crippen LogP contribution < -0.4 is 4.74 Å². The number of hydrogen-bond donors (Lipinski definition) is 2. The average molecular weight is 362 g/mol. The minimum Gasteiger partial charge on any atom is -0.497 e. The van der Waals surface area contributed by atoms with E-state index in [2.05, 4.69) is 0 Å². The molecule has 3 aromatic rings. The van der Waals surface area contributed by atoms with Crippen LogP contribution in [0, 0.1) is 6.92 Å². The van der Waals surface area contributed by atoms with E-state index in [9.17, 15) is 19.8 Å². The van der Waals surface area contributed by atoms with Gasteiger partial charge in [-0.15, -0.1) is 0 Å². The largest absolute Gasteiger partial charge is 0.497 e. The molecule has 0 saturated carbocycles. The molecule has 0 fully saturated rings. The molecule has 0 heterocycles. The molecule has 0 aliphatic carbocycles. The zero-order valence-corrected chi connectivity index (χ0v) is 14.9. The quantitative estimate of drug-likeness (QED) is 0.685. The van der Waals surface area contributed by atoms with Crippen LogP contribution in [-0.4, -0.2) is 29.3 Å². The Morgan fingerprint density at radius 1 is 0.852 bits per heavy atom. The second kappa shape index (κ2) is 7.33. The van der Waals surface area contributed by atoms with Gasteiger partial charge in [0.15, 0.2) is 0 Å². The first-order valence-electron chi connectivity index (χ1n) is 8.28. The lowest BCUT2D eigenvalue weighted by atomic mass is 9.86. The van der Waals surface area contributed by atoms with Crippen molar-refractivity contribution >= 4 is 11.9 Å². The molecular weight excluding hydrogens is 344 g/mol. The van der Waals surface area contributed by atoms with Crippen molar-refractivity contribution in [3.63, 3.8) is 0 Å². The van der Waals surface area contributed by atoms with Crippen LogP contribution >= 0.6 is 0 Å². The number of hydrogen-bond acceptors (Lipinski definition) is 3. The summed E-state index contributed by atoms with van der Waals surface area (Å²) in [7, 11) is 1.54. The molecule has 5 heteroatoms. The third-order valence-corrected chi connectivity index (χ3v) is 4.44. The molecule has 0 bridgehead atoms. The Morgan fingerprint density at radius 2 is 1.56 bits per heavy atom. The van der Waals surface area contributed by atoms with Crippen molar-refractivity contribution in [3.8, 4) is 28.0 Å². The van der Waals surface area contributed by atoms with Crippen LogP contribution in [0.25, 0.3) is 22.3 Å². The number of benzene rings is 3. The van der Waals surface area contributed by atoms with E-state index in [1.54, 1.807) is 32.2 Å². The van der Waals surface area contributed by atoms with Gasteiger partial charge in [0, 0.05) is 5.56 Å². The summed E-state index contributed by atoms with van der Waals surface area (Å²) >= 11 is 0. The highest BCUT2D eigenvalue weighted by Gasteiger charge is 2.24. The maximum atomic E-state index is 11.9. The molecule has 0 aliphatic heterocycles. The Labute approximate surface area is 156 Å². The molecule has 0 atom stereocenters. The van der Waals surface area contributed by atoms with Crippen molar-refractivity contribution in [2.24, 2.45) is 0 Å². The third-order valence-electron chi connectivity index (χ3n) is 4.44. The minimum atomic E-state index is -1.18. The highest BCUT2D eigenvalue weighted by Crippen LogP contribution is 2.39. The monoisotopic (exact) mass is 362 g/mol. The van der Waals surface area contributed by atoms with Crippen molar-refractivity contribution in [3.05, 3.63) is 77.4 Å². The lowest BCUT2D eigenvalue weighted by Crippen LogP contribution is -2.09. The third kappa shape index (κ3) is 3.40. The highest BCUT2D eigenvalue weighted by atomic mass is 16.5. The molecular formula is C22H18O5. The van der Waals surface area contributed by atoms with Crippen LogP contribution in [0.4, 0.5) is 0 Å². The van der Waals surface area contributed by atoms with E-state index in [0.29, 0.717) is 22.4 Å². The summed E-state index contributed by atoms with van der Waals surface area (Å²) < 4.78 is 5.31. The van der Waals surface area contributed by atoms with Crippen LogP contribution in [0.5, 0.6) is 5.75 Å². The van der Waals surface area contributed by atoms with Gasteiger partial charge >= 0.3 is 11.9 Å². The van der Waals surface area contributed by atoms with Crippen LogP contribution in [0.1, 0.15) is 26.3 Å². The zero-order valence-electron chi connectivity index (χ0n) is 14.9. The number of methoxy groups -OCH3 is 1. The van der Waals surface area contributed by atoms with E-state index in [0.717, 1.165) is 5.56 Å². The highest BCUT2D eigenvalue weighted by molar-refractivity contribution is 6.08. The van der Waals surface area contributed by atoms with E-state index in [1.807, 2.05) is 30.3 Å². The van der Waals surface area contributed by atoms with Gasteiger partial charge in [0.1, 0.15) is 5.75 Å². The van der Waals surface area contributed by atoms with Gasteiger partial charge < -0.3 is 14.9 Å². The first kappa shape index (κ1) is 18.2. The Hall–Kier alpha value is -3.60. The Kier molecular flexibility index (Phi) is 4.94. The first-order chi connectivity index (χ1) is 12.9. The molecule has 5 nitrogen and oxygen atoms in total. The molecule has 3 rings (SSSR count). The summed E-state index contributed by atoms with van der Waals surface area (Å²) in [6, 6.07) is 17.5. The molecule has 0 amide bonds. The van der Waals surface area contributed by atoms with Gasteiger partial charge in [-0.05, 0) is 47.4 Å². The van der Waals surface area contributed by atoms with Crippen LogP contribution in [-0.2, 0) is 0 Å². The fraction of sp³-hybridized carbons (Fsp3) is 0.0909. The zero-order chi connectivity index (χ0) is 19.6. The van der Waals surface area contributed by atoms with Gasteiger partial charge in [0.25, 0.3) is 0 Å². The fourth-order valence-corrected chi connectivity index (χ4v) is 3.17. The van der Waals surface area contributed by atoms with Crippen LogP contribution in [0.15, 0.2) is 60.7 Å². The van der Waals surface area contributed by atoms with Crippen molar-refractivity contribution in [2.45, 2.75) is 6.92 Å². The smallest absolute Gasteiger partial charge is 0.336 e. The van der Waals surface area contributed by atoms with Gasteiger partial charge in [-0.1, -0.05) is 42.5 Å². The number of aromatic carboxylic acids is 2. The lowest BCUT2D eigenvalue weighted by molar-refractivity contribution is 0.0695. The molecule has 0 saturated heterocycles. The molecule has 27 heavy (non-hydrogen) atoms. The van der Waals surface area contributed by atoms with E-state index in [4.69, 9.17) is 4.74 Å². The van der Waals surface area contributed by atoms with Gasteiger partial charge in [0.05, 0.1) is 18.2 Å². The van der Waals surface area contributed by atoms with Gasteiger partial charge in [-0.3, -0.25) is 0 Å². The molecule has 0 aromatic heterocycles. The summed E-state index contributed by atoms with van der Waals surface area (Å²) in [4.78, 5) is 23.8. The summed E-state index contributed by atoms with van der Waals surface area (Å²) in [5.74, 6) is -1.75. The Morgan fingerprint density at radius 3 is 2.15 bits per heavy atom. The predicted octanol–water partition coefficient (Wildman–Crippen LogP) is 4.73. The van der Waals surface area contributed by atoms with Crippen molar-refractivity contribution in [2.75, 3.05) is 7.11 Å². The summed E-state index contributed by atoms with van der Waals surface area (Å²) in [6.45, 7) is 1.66. The molecule has 2 N–H and O–H groups in total. The predicted molar refractivity (Wildman–Crippen MR) is 103 cm³/mol. The first-order valence-corrected chi connectivity index (χ1v) is 8.28. The lowest BCUT2D eigenvalue weighted by Gasteiger charge is -2.17. The number of carboxylic acid groups (broad SMARTS) is 2. The Balaban J connectivity index is 2.43. The maximum absolute atomic E-state index is 11.9. The van der Waals surface area contributed by atoms with Crippen LogP contribution in [0.3, 0.4) is 0 Å². The normalized spacial score (nSPS) is 10.4. The summed E-state index contributed by atoms with van der Waals surface area (Å²) in [6.07, 6.45) is 0. The fourth-order valence-electron chi connectivity index (χ4n) is 3.17. The molecule has 0 radical (unpaired) electrons. The molecule has 136 valence electrons. The van der Waals surface area contributed by atoms with Gasteiger partial charge in [-0.25, -0.2) is 9.59 Å². The number of carbonyl (C=O) groups is 2. The van der Waals surface area contributed by atoms with Crippen molar-refractivity contribution in [1.29, 1.82) is 0 Å². The molecule has 0 aliphatic rings. The van der Waals surface area contributed by atoms with Gasteiger partial charge in [0.2, 0.25) is 0 Å². The Bertz CT molecular complexity index is 1020. The van der Waals surface area contributed by atoms with Crippen molar-refractivity contribution < 1.29 is 24.5 Å². The number of aryl methyl sites for hydroxylation is 1. The van der Waals surface area contributed by atoms with E-state index >= 15 is 0 Å². The van der Waals surface area contributed by atoms with Crippen LogP contribution in [0.2, 0.25) is 0 Å². The van der Waals surface area contributed by atoms with E-state index in [-0.39, 0.29) is 16.7 Å². The maximum Gasteiger partial charge on any atom is 0.336 e. The SMILES string of the molecule is COc1ccc(-c2c(C(=O)O)ccc(C)c2C(=O)O)c(-c2ccccc2)c1. The number of rotatable bonds is 5. The van der Waals surface area contributed by atoms with E-state index < -0.39 is 11.9 Å². The van der Waals surface area contributed by atoms with E-state index in [1.165, 1.54) is 12.1 Å². The second-order valence-corrected chi connectivity index (χ2v) is 6.07. The second-order valence-electron chi connectivity index (χ2n) is 6.07. The topological polar surface area (TPSA) is 83.8 Å². The molecule has 0 spiro atoms. The minimum absolute atomic E-state index is 0.0164. The average Bonchev–Trinajstić information content (AvgIpc) is 2.67. The van der Waals surface area contributed by atoms with Gasteiger partial charge in [-0.2, -0.15) is 0 Å². The summed E-state index contributed by atoms with van der Waals surface area (Å²) in [5.41, 5.74) is 2.68. The number of ether oxygens (including phenoxy) is 1. The standard InChI is InChI=1S/C22H18O5/c1-13-8-10-17(21(23)24)20(19(13)22(25)26)16-11-9-15(27-2)12-18(16)14-6-4-3-5-7-14/h3-12H,1-2H3,(H,23,24)(H,25,26). The molecule has 0 unspecified atom stereocenters. The number of carboxylic acids is 2. The molecule has 3 aromatic carbocycles. The van der Waals surface area contributed by atoms with Crippen molar-refractivity contribution in [1.82, 2.24) is 0 Å². The summed E-state index contributed by atoms with van der Waals surface area (Å²) in [5, 5.41) is 19.4.